The molecule has 0 N–H and O–H groups in total. The minimum absolute atomic E-state index is 0.227. The summed E-state index contributed by atoms with van der Waals surface area (Å²) in [5, 5.41) is 0.670. The van der Waals surface area contributed by atoms with Crippen molar-refractivity contribution in [1.29, 1.82) is 0 Å². The highest BCUT2D eigenvalue weighted by Crippen LogP contribution is 2.59. The van der Waals surface area contributed by atoms with E-state index in [1.165, 1.54) is 128 Å². The molecule has 2 aliphatic heterocycles. The Bertz CT molecular complexity index is 1660. The lowest BCUT2D eigenvalue weighted by Crippen LogP contribution is -2.68. The van der Waals surface area contributed by atoms with E-state index in [0.29, 0.717) is 22.7 Å². The van der Waals surface area contributed by atoms with Gasteiger partial charge in [0.2, 0.25) is 0 Å². The zero-order valence-electron chi connectivity index (χ0n) is 37.2. The summed E-state index contributed by atoms with van der Waals surface area (Å²) in [5.41, 5.74) is 9.37. The van der Waals surface area contributed by atoms with Crippen molar-refractivity contribution in [3.05, 3.63) is 69.5 Å². The molecule has 56 heavy (non-hydrogen) atoms. The van der Waals surface area contributed by atoms with Crippen molar-refractivity contribution in [2.75, 3.05) is 0 Å². The van der Waals surface area contributed by atoms with Gasteiger partial charge >= 0.3 is 0 Å². The molecule has 1 saturated heterocycles. The third-order valence-electron chi connectivity index (χ3n) is 17.6. The first kappa shape index (κ1) is 40.0. The topological polar surface area (TPSA) is 6.48 Å². The van der Waals surface area contributed by atoms with Crippen LogP contribution in [0, 0.1) is 46.3 Å². The summed E-state index contributed by atoms with van der Waals surface area (Å²) >= 11 is 2.28. The zero-order valence-corrected chi connectivity index (χ0v) is 38.0. The summed E-state index contributed by atoms with van der Waals surface area (Å²) < 4.78 is 0. The summed E-state index contributed by atoms with van der Waals surface area (Å²) in [6, 6.07) is 1.70. The van der Waals surface area contributed by atoms with Crippen molar-refractivity contribution >= 4 is 11.8 Å². The van der Waals surface area contributed by atoms with Crippen LogP contribution in [0.15, 0.2) is 69.5 Å². The number of piperidine rings is 1. The lowest BCUT2D eigenvalue weighted by atomic mass is 9.53. The molecule has 7 aliphatic carbocycles. The van der Waals surface area contributed by atoms with Gasteiger partial charge in [0.15, 0.2) is 0 Å². The molecule has 0 aromatic rings. The molecule has 3 saturated carbocycles. The standard InChI is InChI=1S/C53H80N2S/c1-51(2,3)37-25-28-39(29-26-37)54(48-23-16-21-44-43-20-13-15-24-49(43)56-50(44)48)40-31-36(35-17-10-9-11-18-35)32-41(34-40)55-47-30-27-38(52(4,5)6)33-45(47)42-19-12-14-22-46(42)53(55,7)8/h15,24-25,28,31,34-35,38,41-43,45-49H,9-14,16-23,26-27,29-30,32-33H2,1-8H3. The summed E-state index contributed by atoms with van der Waals surface area (Å²) in [5.74, 6) is 5.01. The smallest absolute Gasteiger partial charge is 0.0647 e. The predicted octanol–water partition coefficient (Wildman–Crippen LogP) is 14.7. The summed E-state index contributed by atoms with van der Waals surface area (Å²) in [7, 11) is 0. The molecule has 9 unspecified atom stereocenters. The largest absolute Gasteiger partial charge is 0.337 e. The number of allylic oxidation sites excluding steroid dienone is 7. The van der Waals surface area contributed by atoms with Gasteiger partial charge in [-0.2, -0.15) is 0 Å². The number of likely N-dealkylation sites (tertiary alicyclic amines) is 1. The van der Waals surface area contributed by atoms with E-state index in [1.54, 1.807) is 21.9 Å². The normalized spacial score (nSPS) is 38.0. The molecule has 2 nitrogen and oxygen atoms in total. The highest BCUT2D eigenvalue weighted by atomic mass is 32.2. The van der Waals surface area contributed by atoms with Crippen LogP contribution in [0.3, 0.4) is 0 Å². The molecule has 9 rings (SSSR count). The molecule has 0 spiro atoms. The second-order valence-electron chi connectivity index (χ2n) is 23.1. The van der Waals surface area contributed by atoms with Crippen molar-refractivity contribution in [3.8, 4) is 0 Å². The Kier molecular flexibility index (Phi) is 11.1. The van der Waals surface area contributed by atoms with Crippen LogP contribution in [0.25, 0.3) is 0 Å². The van der Waals surface area contributed by atoms with Gasteiger partial charge in [0.1, 0.15) is 0 Å². The van der Waals surface area contributed by atoms with Gasteiger partial charge in [-0.15, -0.1) is 11.8 Å². The first-order valence-electron chi connectivity index (χ1n) is 24.3. The number of rotatable bonds is 5. The third-order valence-corrected chi connectivity index (χ3v) is 19.2. The maximum absolute atomic E-state index is 3.26. The number of hydrogen-bond acceptors (Lipinski definition) is 3. The van der Waals surface area contributed by atoms with E-state index in [1.807, 2.05) is 11.1 Å². The van der Waals surface area contributed by atoms with E-state index in [4.69, 9.17) is 0 Å². The fourth-order valence-corrected chi connectivity index (χ4v) is 16.4. The highest BCUT2D eigenvalue weighted by molar-refractivity contribution is 8.04. The fourth-order valence-electron chi connectivity index (χ4n) is 14.7. The molecule has 3 heteroatoms. The monoisotopic (exact) mass is 777 g/mol. The molecular weight excluding hydrogens is 697 g/mol. The van der Waals surface area contributed by atoms with Crippen LogP contribution in [0.2, 0.25) is 0 Å². The molecule has 9 aliphatic rings. The van der Waals surface area contributed by atoms with Crippen LogP contribution in [0.1, 0.15) is 184 Å². The molecule has 2 heterocycles. The first-order valence-corrected chi connectivity index (χ1v) is 25.1. The Hall–Kier alpha value is -1.45. The molecule has 0 bridgehead atoms. The molecule has 9 atom stereocenters. The average Bonchev–Trinajstić information content (AvgIpc) is 3.57. The first-order chi connectivity index (χ1) is 26.8. The van der Waals surface area contributed by atoms with Crippen LogP contribution in [0.4, 0.5) is 0 Å². The highest BCUT2D eigenvalue weighted by Gasteiger charge is 2.57. The van der Waals surface area contributed by atoms with Gasteiger partial charge in [-0.05, 0) is 175 Å². The predicted molar refractivity (Wildman–Crippen MR) is 241 cm³/mol. The summed E-state index contributed by atoms with van der Waals surface area (Å²) in [4.78, 5) is 8.06. The minimum atomic E-state index is 0.227. The van der Waals surface area contributed by atoms with E-state index in [9.17, 15) is 0 Å². The maximum Gasteiger partial charge on any atom is 0.0647 e. The van der Waals surface area contributed by atoms with E-state index in [-0.39, 0.29) is 11.0 Å². The lowest BCUT2D eigenvalue weighted by molar-refractivity contribution is -0.144. The molecule has 308 valence electrons. The molecule has 0 aromatic carbocycles. The average molecular weight is 777 g/mol. The van der Waals surface area contributed by atoms with Gasteiger partial charge < -0.3 is 4.90 Å². The maximum atomic E-state index is 3.26. The molecule has 0 amide bonds. The van der Waals surface area contributed by atoms with E-state index < -0.39 is 0 Å². The van der Waals surface area contributed by atoms with Crippen LogP contribution < -0.4 is 0 Å². The van der Waals surface area contributed by atoms with E-state index in [2.05, 4.69) is 113 Å². The van der Waals surface area contributed by atoms with Crippen molar-refractivity contribution in [2.24, 2.45) is 46.3 Å². The number of hydrogen-bond donors (Lipinski definition) is 0. The summed E-state index contributed by atoms with van der Waals surface area (Å²) in [6.07, 6.45) is 43.4. The molecule has 0 aromatic heterocycles. The van der Waals surface area contributed by atoms with Gasteiger partial charge in [0, 0.05) is 39.2 Å². The Balaban J connectivity index is 1.16. The molecule has 4 fully saturated rings. The lowest BCUT2D eigenvalue weighted by Gasteiger charge is -2.65. The van der Waals surface area contributed by atoms with Gasteiger partial charge in [-0.25, -0.2) is 0 Å². The van der Waals surface area contributed by atoms with Crippen molar-refractivity contribution < 1.29 is 0 Å². The number of fused-ring (bicyclic) bond motifs is 5. The number of nitrogens with zero attached hydrogens (tertiary/aromatic N) is 2. The van der Waals surface area contributed by atoms with Crippen molar-refractivity contribution in [1.82, 2.24) is 9.80 Å². The molecule has 0 radical (unpaired) electrons. The van der Waals surface area contributed by atoms with Crippen molar-refractivity contribution in [3.63, 3.8) is 0 Å². The number of thioether (sulfide) groups is 1. The van der Waals surface area contributed by atoms with Gasteiger partial charge in [-0.1, -0.05) is 109 Å². The van der Waals surface area contributed by atoms with E-state index in [0.717, 1.165) is 41.5 Å². The Morgan fingerprint density at radius 2 is 1.57 bits per heavy atom. The van der Waals surface area contributed by atoms with Crippen LogP contribution in [0.5, 0.6) is 0 Å². The Morgan fingerprint density at radius 3 is 2.32 bits per heavy atom. The van der Waals surface area contributed by atoms with Gasteiger partial charge in [0.25, 0.3) is 0 Å². The van der Waals surface area contributed by atoms with E-state index >= 15 is 0 Å². The SMILES string of the molecule is CC(C)(C)C1=CC=C(N(C2=CC(N3C4CCC(C(C)(C)C)CC4C4CCCCC4C3(C)C)CC(C3CCCCC3)=C2)C2CCCC3=C2SC2C=CCCC32)CC1. The summed E-state index contributed by atoms with van der Waals surface area (Å²) in [6.45, 7) is 20.4. The molecular formula is C53H80N2S. The second-order valence-corrected chi connectivity index (χ2v) is 24.3. The van der Waals surface area contributed by atoms with Crippen molar-refractivity contribution in [2.45, 2.75) is 213 Å². The Labute approximate surface area is 348 Å². The van der Waals surface area contributed by atoms with Crippen LogP contribution in [-0.2, 0) is 0 Å². The quantitative estimate of drug-likeness (QED) is 0.257. The van der Waals surface area contributed by atoms with Gasteiger partial charge in [-0.3, -0.25) is 4.90 Å². The van der Waals surface area contributed by atoms with Gasteiger partial charge in [0.05, 0.1) is 6.04 Å². The fraction of sp³-hybridized carbons (Fsp3) is 0.774. The van der Waals surface area contributed by atoms with Crippen LogP contribution in [-0.4, -0.2) is 38.7 Å². The van der Waals surface area contributed by atoms with Crippen LogP contribution >= 0.6 is 11.8 Å². The third kappa shape index (κ3) is 7.38. The second kappa shape index (κ2) is 15.5. The minimum Gasteiger partial charge on any atom is -0.337 e. The zero-order chi connectivity index (χ0) is 39.0. The Morgan fingerprint density at radius 1 is 0.786 bits per heavy atom.